The Hall–Kier alpha value is -0.410. The molecule has 84 valence electrons. The van der Waals surface area contributed by atoms with Crippen molar-refractivity contribution in [1.82, 2.24) is 4.98 Å². The van der Waals surface area contributed by atoms with Gasteiger partial charge in [0.15, 0.2) is 0 Å². The van der Waals surface area contributed by atoms with E-state index in [1.807, 2.05) is 11.3 Å². The molecule has 3 heteroatoms. The van der Waals surface area contributed by atoms with Gasteiger partial charge in [-0.25, -0.2) is 4.98 Å². The van der Waals surface area contributed by atoms with Gasteiger partial charge in [0.1, 0.15) is 0 Å². The molecule has 15 heavy (non-hydrogen) atoms. The molecule has 1 saturated carbocycles. The molecule has 2 atom stereocenters. The molecular weight excluding hydrogens is 204 g/mol. The summed E-state index contributed by atoms with van der Waals surface area (Å²) in [4.78, 5) is 6.08. The summed E-state index contributed by atoms with van der Waals surface area (Å²) in [5.74, 6) is 1.55. The van der Waals surface area contributed by atoms with Gasteiger partial charge in [-0.2, -0.15) is 0 Å². The van der Waals surface area contributed by atoms with Crippen LogP contribution < -0.4 is 5.73 Å². The molecule has 0 amide bonds. The Morgan fingerprint density at radius 3 is 2.40 bits per heavy atom. The van der Waals surface area contributed by atoms with Crippen LogP contribution in [0.4, 0.5) is 0 Å². The Morgan fingerprint density at radius 2 is 2.07 bits per heavy atom. The number of thiazole rings is 1. The molecule has 0 spiro atoms. The predicted molar refractivity (Wildman–Crippen MR) is 65.2 cm³/mol. The average molecular weight is 224 g/mol. The highest BCUT2D eigenvalue weighted by molar-refractivity contribution is 7.11. The van der Waals surface area contributed by atoms with Gasteiger partial charge in [-0.3, -0.25) is 0 Å². The summed E-state index contributed by atoms with van der Waals surface area (Å²) in [6.07, 6.45) is 1.31. The minimum Gasteiger partial charge on any atom is -0.326 e. The van der Waals surface area contributed by atoms with E-state index in [0.717, 1.165) is 11.8 Å². The van der Waals surface area contributed by atoms with Crippen LogP contribution >= 0.6 is 11.3 Å². The van der Waals surface area contributed by atoms with Crippen molar-refractivity contribution in [2.75, 3.05) is 0 Å². The fourth-order valence-corrected chi connectivity index (χ4v) is 3.32. The Balaban J connectivity index is 2.33. The predicted octanol–water partition coefficient (Wildman–Crippen LogP) is 3.02. The number of hydrogen-bond acceptors (Lipinski definition) is 3. The van der Waals surface area contributed by atoms with Gasteiger partial charge in [-0.15, -0.1) is 11.3 Å². The number of hydrogen-bond donors (Lipinski definition) is 1. The summed E-state index contributed by atoms with van der Waals surface area (Å²) in [6.45, 7) is 9.56. The van der Waals surface area contributed by atoms with Crippen LogP contribution in [0.1, 0.15) is 55.6 Å². The molecule has 1 aliphatic carbocycles. The highest BCUT2D eigenvalue weighted by Gasteiger charge is 2.38. The second-order valence-electron chi connectivity index (χ2n) is 5.60. The minimum absolute atomic E-state index is 0.127. The van der Waals surface area contributed by atoms with E-state index >= 15 is 0 Å². The summed E-state index contributed by atoms with van der Waals surface area (Å²) in [5, 5.41) is 1.31. The third-order valence-electron chi connectivity index (χ3n) is 3.04. The van der Waals surface area contributed by atoms with E-state index in [2.05, 4.69) is 27.7 Å². The number of rotatable bonds is 2. The first kappa shape index (κ1) is 11.1. The van der Waals surface area contributed by atoms with Crippen molar-refractivity contribution in [3.05, 3.63) is 15.6 Å². The average Bonchev–Trinajstić information content (AvgIpc) is 2.71. The SMILES string of the molecule is CC1CC1c1nc(C(C)(C)C)c(CN)s1. The monoisotopic (exact) mass is 224 g/mol. The second kappa shape index (κ2) is 3.56. The molecule has 2 N–H and O–H groups in total. The van der Waals surface area contributed by atoms with Crippen LogP contribution in [0.15, 0.2) is 0 Å². The Labute approximate surface area is 95.9 Å². The quantitative estimate of drug-likeness (QED) is 0.838. The molecule has 0 bridgehead atoms. The van der Waals surface area contributed by atoms with Crippen molar-refractivity contribution in [1.29, 1.82) is 0 Å². The van der Waals surface area contributed by atoms with E-state index in [1.165, 1.54) is 22.0 Å². The highest BCUT2D eigenvalue weighted by Crippen LogP contribution is 2.49. The van der Waals surface area contributed by atoms with Crippen molar-refractivity contribution >= 4 is 11.3 Å². The largest absolute Gasteiger partial charge is 0.326 e. The molecule has 1 fully saturated rings. The van der Waals surface area contributed by atoms with Gasteiger partial charge < -0.3 is 5.73 Å². The smallest absolute Gasteiger partial charge is 0.0965 e. The maximum absolute atomic E-state index is 5.79. The van der Waals surface area contributed by atoms with E-state index in [9.17, 15) is 0 Å². The van der Waals surface area contributed by atoms with Crippen molar-refractivity contribution in [3.8, 4) is 0 Å². The van der Waals surface area contributed by atoms with Gasteiger partial charge in [-0.1, -0.05) is 27.7 Å². The molecule has 1 aromatic rings. The molecule has 2 nitrogen and oxygen atoms in total. The summed E-state index contributed by atoms with van der Waals surface area (Å²) in [7, 11) is 0. The molecule has 0 radical (unpaired) electrons. The van der Waals surface area contributed by atoms with Crippen LogP contribution in [0.2, 0.25) is 0 Å². The first-order chi connectivity index (χ1) is 6.93. The van der Waals surface area contributed by atoms with E-state index < -0.39 is 0 Å². The Bertz CT molecular complexity index is 362. The van der Waals surface area contributed by atoms with Gasteiger partial charge in [0.25, 0.3) is 0 Å². The van der Waals surface area contributed by atoms with Crippen molar-refractivity contribution < 1.29 is 0 Å². The Morgan fingerprint density at radius 1 is 1.47 bits per heavy atom. The van der Waals surface area contributed by atoms with Crippen LogP contribution in [-0.4, -0.2) is 4.98 Å². The van der Waals surface area contributed by atoms with Crippen molar-refractivity contribution in [2.45, 2.75) is 52.0 Å². The standard InChI is InChI=1S/C12H20N2S/c1-7-5-8(7)11-14-10(12(2,3)4)9(6-13)15-11/h7-8H,5-6,13H2,1-4H3. The van der Waals surface area contributed by atoms with Crippen LogP contribution in [0.5, 0.6) is 0 Å². The second-order valence-corrected chi connectivity index (χ2v) is 6.71. The van der Waals surface area contributed by atoms with Crippen LogP contribution in [0.25, 0.3) is 0 Å². The number of nitrogens with zero attached hydrogens (tertiary/aromatic N) is 1. The van der Waals surface area contributed by atoms with Crippen LogP contribution in [0.3, 0.4) is 0 Å². The fraction of sp³-hybridized carbons (Fsp3) is 0.750. The van der Waals surface area contributed by atoms with Gasteiger partial charge >= 0.3 is 0 Å². The molecular formula is C12H20N2S. The summed E-state index contributed by atoms with van der Waals surface area (Å²) >= 11 is 1.82. The summed E-state index contributed by atoms with van der Waals surface area (Å²) in [5.41, 5.74) is 7.12. The first-order valence-electron chi connectivity index (χ1n) is 5.63. The minimum atomic E-state index is 0.127. The zero-order valence-corrected chi connectivity index (χ0v) is 10.8. The molecule has 0 aromatic carbocycles. The summed E-state index contributed by atoms with van der Waals surface area (Å²) in [6, 6.07) is 0. The molecule has 1 aromatic heterocycles. The molecule has 1 aliphatic rings. The van der Waals surface area contributed by atoms with Gasteiger partial charge in [0, 0.05) is 22.8 Å². The van der Waals surface area contributed by atoms with E-state index in [4.69, 9.17) is 10.7 Å². The lowest BCUT2D eigenvalue weighted by molar-refractivity contribution is 0.564. The van der Waals surface area contributed by atoms with Crippen LogP contribution in [-0.2, 0) is 12.0 Å². The topological polar surface area (TPSA) is 38.9 Å². The van der Waals surface area contributed by atoms with Gasteiger partial charge in [-0.05, 0) is 12.3 Å². The van der Waals surface area contributed by atoms with E-state index in [0.29, 0.717) is 6.54 Å². The van der Waals surface area contributed by atoms with Crippen LogP contribution in [0, 0.1) is 5.92 Å². The zero-order chi connectivity index (χ0) is 11.2. The molecule has 1 heterocycles. The lowest BCUT2D eigenvalue weighted by Gasteiger charge is -2.16. The van der Waals surface area contributed by atoms with E-state index in [-0.39, 0.29) is 5.41 Å². The highest BCUT2D eigenvalue weighted by atomic mass is 32.1. The maximum Gasteiger partial charge on any atom is 0.0965 e. The lowest BCUT2D eigenvalue weighted by atomic mass is 9.91. The first-order valence-corrected chi connectivity index (χ1v) is 6.45. The fourth-order valence-electron chi connectivity index (χ4n) is 1.92. The zero-order valence-electron chi connectivity index (χ0n) is 10.0. The van der Waals surface area contributed by atoms with Gasteiger partial charge in [0.05, 0.1) is 10.7 Å². The van der Waals surface area contributed by atoms with Crippen molar-refractivity contribution in [2.24, 2.45) is 11.7 Å². The molecule has 0 aliphatic heterocycles. The van der Waals surface area contributed by atoms with Gasteiger partial charge in [0.2, 0.25) is 0 Å². The molecule has 2 rings (SSSR count). The van der Waals surface area contributed by atoms with E-state index in [1.54, 1.807) is 0 Å². The normalized spacial score (nSPS) is 25.7. The maximum atomic E-state index is 5.79. The molecule has 2 unspecified atom stereocenters. The third-order valence-corrected chi connectivity index (χ3v) is 4.25. The lowest BCUT2D eigenvalue weighted by Crippen LogP contribution is -2.15. The molecule has 0 saturated heterocycles. The summed E-state index contributed by atoms with van der Waals surface area (Å²) < 4.78 is 0. The Kier molecular flexibility index (Phi) is 2.63. The number of aromatic nitrogens is 1. The van der Waals surface area contributed by atoms with Crippen molar-refractivity contribution in [3.63, 3.8) is 0 Å². The third kappa shape index (κ3) is 2.08. The number of nitrogens with two attached hydrogens (primary N) is 1.